The second-order valence-corrected chi connectivity index (χ2v) is 4.18. The number of carbonyl (C=O) groups is 2. The molecule has 0 bridgehead atoms. The highest BCUT2D eigenvalue weighted by Crippen LogP contribution is 2.35. The number of benzene rings is 1. The van der Waals surface area contributed by atoms with E-state index < -0.39 is 0 Å². The van der Waals surface area contributed by atoms with E-state index in [2.05, 4.69) is 5.32 Å². The Hall–Kier alpha value is -2.04. The summed E-state index contributed by atoms with van der Waals surface area (Å²) in [6.45, 7) is 0. The van der Waals surface area contributed by atoms with Crippen LogP contribution in [0.25, 0.3) is 0 Å². The van der Waals surface area contributed by atoms with Gasteiger partial charge in [-0.2, -0.15) is 0 Å². The molecule has 0 radical (unpaired) electrons. The van der Waals surface area contributed by atoms with Crippen LogP contribution in [-0.4, -0.2) is 26.0 Å². The molecule has 2 rings (SSSR count). The lowest BCUT2D eigenvalue weighted by atomic mass is 9.89. The second kappa shape index (κ2) is 5.08. The maximum absolute atomic E-state index is 11.4. The lowest BCUT2D eigenvalue weighted by Gasteiger charge is -2.23. The molecule has 1 fully saturated rings. The number of imide groups is 1. The number of methoxy groups -OCH3 is 2. The first-order valence-corrected chi connectivity index (χ1v) is 5.68. The number of hydrogen-bond acceptors (Lipinski definition) is 4. The zero-order valence-corrected chi connectivity index (χ0v) is 10.4. The molecule has 1 heterocycles. The fraction of sp³-hybridized carbons (Fsp3) is 0.385. The van der Waals surface area contributed by atoms with Crippen LogP contribution in [0.1, 0.15) is 24.3 Å². The Kier molecular flexibility index (Phi) is 3.50. The second-order valence-electron chi connectivity index (χ2n) is 4.18. The van der Waals surface area contributed by atoms with Gasteiger partial charge in [0.15, 0.2) is 0 Å². The highest BCUT2D eigenvalue weighted by atomic mass is 16.5. The van der Waals surface area contributed by atoms with Crippen LogP contribution in [0, 0.1) is 0 Å². The van der Waals surface area contributed by atoms with Crippen molar-refractivity contribution < 1.29 is 19.1 Å². The van der Waals surface area contributed by atoms with Gasteiger partial charge in [0.25, 0.3) is 0 Å². The van der Waals surface area contributed by atoms with E-state index in [0.29, 0.717) is 24.3 Å². The van der Waals surface area contributed by atoms with E-state index in [4.69, 9.17) is 9.47 Å². The molecule has 96 valence electrons. The molecule has 0 unspecified atom stereocenters. The minimum atomic E-state index is -0.242. The number of carbonyl (C=O) groups excluding carboxylic acids is 2. The molecule has 1 aromatic carbocycles. The minimum absolute atomic E-state index is 0.132. The van der Waals surface area contributed by atoms with Gasteiger partial charge in [-0.15, -0.1) is 0 Å². The maximum Gasteiger partial charge on any atom is 0.227 e. The number of rotatable bonds is 3. The zero-order valence-electron chi connectivity index (χ0n) is 10.4. The lowest BCUT2D eigenvalue weighted by Crippen LogP contribution is -2.37. The van der Waals surface area contributed by atoms with E-state index in [0.717, 1.165) is 5.56 Å². The summed E-state index contributed by atoms with van der Waals surface area (Å²) in [5.74, 6) is 0.708. The SMILES string of the molecule is COc1ccc(C2CC(=O)NC(=O)C2)c(OC)c1. The molecule has 0 aromatic heterocycles. The predicted octanol–water partition coefficient (Wildman–Crippen LogP) is 1.22. The molecular weight excluding hydrogens is 234 g/mol. The van der Waals surface area contributed by atoms with Crippen LogP contribution in [-0.2, 0) is 9.59 Å². The van der Waals surface area contributed by atoms with Gasteiger partial charge in [0.2, 0.25) is 11.8 Å². The Bertz CT molecular complexity index is 468. The molecule has 18 heavy (non-hydrogen) atoms. The first-order valence-electron chi connectivity index (χ1n) is 5.68. The summed E-state index contributed by atoms with van der Waals surface area (Å²) in [4.78, 5) is 22.8. The molecule has 1 aliphatic heterocycles. The van der Waals surface area contributed by atoms with Crippen molar-refractivity contribution in [3.63, 3.8) is 0 Å². The monoisotopic (exact) mass is 249 g/mol. The number of amides is 2. The molecule has 0 saturated carbocycles. The largest absolute Gasteiger partial charge is 0.497 e. The quantitative estimate of drug-likeness (QED) is 0.818. The first kappa shape index (κ1) is 12.4. The fourth-order valence-corrected chi connectivity index (χ4v) is 2.15. The Balaban J connectivity index is 2.32. The molecule has 1 saturated heterocycles. The molecule has 5 heteroatoms. The fourth-order valence-electron chi connectivity index (χ4n) is 2.15. The Morgan fingerprint density at radius 3 is 2.33 bits per heavy atom. The third kappa shape index (κ3) is 2.45. The third-order valence-electron chi connectivity index (χ3n) is 3.02. The molecule has 0 atom stereocenters. The molecule has 1 aromatic rings. The van der Waals surface area contributed by atoms with Gasteiger partial charge < -0.3 is 9.47 Å². The topological polar surface area (TPSA) is 64.6 Å². The summed E-state index contributed by atoms with van der Waals surface area (Å²) in [7, 11) is 3.13. The minimum Gasteiger partial charge on any atom is -0.497 e. The van der Waals surface area contributed by atoms with Crippen molar-refractivity contribution in [2.24, 2.45) is 0 Å². The number of piperidine rings is 1. The average Bonchev–Trinajstić information content (AvgIpc) is 2.36. The van der Waals surface area contributed by atoms with Crippen molar-refractivity contribution in [3.05, 3.63) is 23.8 Å². The average molecular weight is 249 g/mol. The summed E-state index contributed by atoms with van der Waals surface area (Å²) >= 11 is 0. The van der Waals surface area contributed by atoms with Crippen LogP contribution in [0.3, 0.4) is 0 Å². The van der Waals surface area contributed by atoms with Gasteiger partial charge in [-0.25, -0.2) is 0 Å². The van der Waals surface area contributed by atoms with Crippen molar-refractivity contribution in [2.45, 2.75) is 18.8 Å². The molecule has 1 N–H and O–H groups in total. The smallest absolute Gasteiger partial charge is 0.227 e. The molecular formula is C13H15NO4. The van der Waals surface area contributed by atoms with Crippen LogP contribution in [0.15, 0.2) is 18.2 Å². The van der Waals surface area contributed by atoms with E-state index in [1.54, 1.807) is 26.4 Å². The van der Waals surface area contributed by atoms with Crippen molar-refractivity contribution in [3.8, 4) is 11.5 Å². The Morgan fingerprint density at radius 2 is 1.78 bits per heavy atom. The van der Waals surface area contributed by atoms with E-state index in [-0.39, 0.29) is 17.7 Å². The normalized spacial score (nSPS) is 16.3. The third-order valence-corrected chi connectivity index (χ3v) is 3.02. The van der Waals surface area contributed by atoms with Crippen molar-refractivity contribution in [1.29, 1.82) is 0 Å². The standard InChI is InChI=1S/C13H15NO4/c1-17-9-3-4-10(11(7-9)18-2)8-5-12(15)14-13(16)6-8/h3-4,7-8H,5-6H2,1-2H3,(H,14,15,16). The molecule has 1 aliphatic rings. The summed E-state index contributed by atoms with van der Waals surface area (Å²) in [5, 5.41) is 2.30. The van der Waals surface area contributed by atoms with E-state index >= 15 is 0 Å². The van der Waals surface area contributed by atoms with Gasteiger partial charge >= 0.3 is 0 Å². The van der Waals surface area contributed by atoms with E-state index in [1.807, 2.05) is 6.07 Å². The number of hydrogen-bond donors (Lipinski definition) is 1. The molecule has 5 nitrogen and oxygen atoms in total. The first-order chi connectivity index (χ1) is 8.63. The highest BCUT2D eigenvalue weighted by molar-refractivity contribution is 5.98. The predicted molar refractivity (Wildman–Crippen MR) is 64.7 cm³/mol. The summed E-state index contributed by atoms with van der Waals surface area (Å²) in [6, 6.07) is 5.40. The van der Waals surface area contributed by atoms with Gasteiger partial charge in [0.05, 0.1) is 14.2 Å². The van der Waals surface area contributed by atoms with E-state index in [1.165, 1.54) is 0 Å². The molecule has 2 amide bonds. The summed E-state index contributed by atoms with van der Waals surface area (Å²) in [5.41, 5.74) is 0.863. The van der Waals surface area contributed by atoms with Gasteiger partial charge in [-0.1, -0.05) is 6.07 Å². The zero-order chi connectivity index (χ0) is 13.1. The molecule has 0 spiro atoms. The Morgan fingerprint density at radius 1 is 1.11 bits per heavy atom. The lowest BCUT2D eigenvalue weighted by molar-refractivity contribution is -0.133. The van der Waals surface area contributed by atoms with Crippen LogP contribution < -0.4 is 14.8 Å². The molecule has 0 aliphatic carbocycles. The van der Waals surface area contributed by atoms with Gasteiger partial charge in [0, 0.05) is 24.8 Å². The summed E-state index contributed by atoms with van der Waals surface area (Å²) < 4.78 is 10.4. The summed E-state index contributed by atoms with van der Waals surface area (Å²) in [6.07, 6.45) is 0.600. The van der Waals surface area contributed by atoms with Crippen molar-refractivity contribution in [1.82, 2.24) is 5.32 Å². The van der Waals surface area contributed by atoms with Gasteiger partial charge in [-0.05, 0) is 11.6 Å². The van der Waals surface area contributed by atoms with Crippen molar-refractivity contribution >= 4 is 11.8 Å². The van der Waals surface area contributed by atoms with Gasteiger partial charge in [0.1, 0.15) is 11.5 Å². The van der Waals surface area contributed by atoms with Crippen LogP contribution in [0.2, 0.25) is 0 Å². The Labute approximate surface area is 105 Å². The number of ether oxygens (including phenoxy) is 2. The van der Waals surface area contributed by atoms with Crippen LogP contribution in [0.4, 0.5) is 0 Å². The highest BCUT2D eigenvalue weighted by Gasteiger charge is 2.28. The maximum atomic E-state index is 11.4. The van der Waals surface area contributed by atoms with E-state index in [9.17, 15) is 9.59 Å². The van der Waals surface area contributed by atoms with Crippen molar-refractivity contribution in [2.75, 3.05) is 14.2 Å². The van der Waals surface area contributed by atoms with Gasteiger partial charge in [-0.3, -0.25) is 14.9 Å². The van der Waals surface area contributed by atoms with Crippen LogP contribution >= 0.6 is 0 Å². The van der Waals surface area contributed by atoms with Crippen LogP contribution in [0.5, 0.6) is 11.5 Å². The number of nitrogens with one attached hydrogen (secondary N) is 1.